The Balaban J connectivity index is 2.27. The Morgan fingerprint density at radius 2 is 2.07 bits per heavy atom. The van der Waals surface area contributed by atoms with Crippen molar-refractivity contribution in [3.8, 4) is 0 Å². The topological polar surface area (TPSA) is 105 Å². The number of aliphatic hydroxyl groups is 2. The molecule has 1 amide bonds. The zero-order valence-corrected chi connectivity index (χ0v) is 7.30. The number of ether oxygens (including phenoxy) is 2. The van der Waals surface area contributed by atoms with Crippen molar-refractivity contribution in [2.75, 3.05) is 19.8 Å². The number of nitrogens with one attached hydrogen (secondary N) is 1. The Kier molecular flexibility index (Phi) is 3.66. The maximum atomic E-state index is 11.2. The minimum atomic E-state index is -1.59. The fourth-order valence-electron chi connectivity index (χ4n) is 0.915. The van der Waals surface area contributed by atoms with Gasteiger partial charge in [0.1, 0.15) is 19.1 Å². The SMILES string of the molecule is O=C1OCC(C(=O)NCC(O)O)CO1. The summed E-state index contributed by atoms with van der Waals surface area (Å²) in [7, 11) is 0. The molecule has 7 heteroatoms. The summed E-state index contributed by atoms with van der Waals surface area (Å²) in [6.45, 7) is -0.359. The molecule has 0 aliphatic carbocycles. The molecule has 3 N–H and O–H groups in total. The minimum Gasteiger partial charge on any atom is -0.433 e. The van der Waals surface area contributed by atoms with Gasteiger partial charge >= 0.3 is 6.16 Å². The summed E-state index contributed by atoms with van der Waals surface area (Å²) in [5.74, 6) is -1.03. The van der Waals surface area contributed by atoms with E-state index >= 15 is 0 Å². The molecule has 0 aromatic rings. The summed E-state index contributed by atoms with van der Waals surface area (Å²) in [6.07, 6.45) is -2.39. The van der Waals surface area contributed by atoms with Crippen LogP contribution in [0.2, 0.25) is 0 Å². The van der Waals surface area contributed by atoms with E-state index in [-0.39, 0.29) is 19.8 Å². The lowest BCUT2D eigenvalue weighted by Gasteiger charge is -2.21. The molecule has 0 bridgehead atoms. The van der Waals surface area contributed by atoms with Gasteiger partial charge in [-0.25, -0.2) is 4.79 Å². The molecule has 14 heavy (non-hydrogen) atoms. The highest BCUT2D eigenvalue weighted by Gasteiger charge is 2.27. The van der Waals surface area contributed by atoms with Gasteiger partial charge in [-0.3, -0.25) is 4.79 Å². The lowest BCUT2D eigenvalue weighted by molar-refractivity contribution is -0.133. The van der Waals surface area contributed by atoms with Gasteiger partial charge in [0.2, 0.25) is 5.91 Å². The van der Waals surface area contributed by atoms with Gasteiger partial charge in [0.05, 0.1) is 6.54 Å². The number of hydrogen-bond acceptors (Lipinski definition) is 6. The first kappa shape index (κ1) is 10.7. The van der Waals surface area contributed by atoms with Crippen LogP contribution in [0.3, 0.4) is 0 Å². The van der Waals surface area contributed by atoms with Gasteiger partial charge < -0.3 is 25.0 Å². The number of amides is 1. The van der Waals surface area contributed by atoms with Crippen molar-refractivity contribution >= 4 is 12.1 Å². The second-order valence-electron chi connectivity index (χ2n) is 2.79. The van der Waals surface area contributed by atoms with Crippen LogP contribution in [0.1, 0.15) is 0 Å². The molecule has 0 spiro atoms. The molecular weight excluding hydrogens is 194 g/mol. The normalized spacial score (nSPS) is 17.5. The van der Waals surface area contributed by atoms with E-state index in [2.05, 4.69) is 14.8 Å². The third-order valence-electron chi connectivity index (χ3n) is 1.63. The molecule has 80 valence electrons. The van der Waals surface area contributed by atoms with Gasteiger partial charge in [0, 0.05) is 0 Å². The smallest absolute Gasteiger partial charge is 0.433 e. The fourth-order valence-corrected chi connectivity index (χ4v) is 0.915. The van der Waals surface area contributed by atoms with E-state index < -0.39 is 24.3 Å². The Bertz CT molecular complexity index is 218. The molecule has 0 atom stereocenters. The van der Waals surface area contributed by atoms with Crippen LogP contribution in [-0.2, 0) is 14.3 Å². The molecule has 0 radical (unpaired) electrons. The maximum Gasteiger partial charge on any atom is 0.508 e. The zero-order valence-electron chi connectivity index (χ0n) is 7.30. The number of hydrogen-bond donors (Lipinski definition) is 3. The van der Waals surface area contributed by atoms with E-state index in [0.717, 1.165) is 0 Å². The van der Waals surface area contributed by atoms with Crippen molar-refractivity contribution in [1.82, 2.24) is 5.32 Å². The largest absolute Gasteiger partial charge is 0.508 e. The first-order valence-corrected chi connectivity index (χ1v) is 4.03. The summed E-state index contributed by atoms with van der Waals surface area (Å²) in [5, 5.41) is 19.2. The second-order valence-corrected chi connectivity index (χ2v) is 2.79. The van der Waals surface area contributed by atoms with Gasteiger partial charge in [0.15, 0.2) is 6.29 Å². The lowest BCUT2D eigenvalue weighted by atomic mass is 10.1. The molecule has 1 aliphatic rings. The van der Waals surface area contributed by atoms with Crippen LogP contribution in [-0.4, -0.2) is 48.3 Å². The molecule has 1 heterocycles. The van der Waals surface area contributed by atoms with Crippen molar-refractivity contribution in [2.24, 2.45) is 5.92 Å². The predicted octanol–water partition coefficient (Wildman–Crippen LogP) is -1.80. The van der Waals surface area contributed by atoms with E-state index in [1.165, 1.54) is 0 Å². The van der Waals surface area contributed by atoms with Crippen molar-refractivity contribution in [1.29, 1.82) is 0 Å². The van der Waals surface area contributed by atoms with Crippen LogP contribution in [0.4, 0.5) is 4.79 Å². The Morgan fingerprint density at radius 3 is 2.57 bits per heavy atom. The quantitative estimate of drug-likeness (QED) is 0.370. The predicted molar refractivity (Wildman–Crippen MR) is 42.0 cm³/mol. The number of cyclic esters (lactones) is 2. The molecular formula is C7H11NO6. The zero-order chi connectivity index (χ0) is 10.6. The summed E-state index contributed by atoms with van der Waals surface area (Å²) in [6, 6.07) is 0. The van der Waals surface area contributed by atoms with Gasteiger partial charge in [-0.2, -0.15) is 0 Å². The van der Waals surface area contributed by atoms with E-state index in [1.54, 1.807) is 0 Å². The van der Waals surface area contributed by atoms with Crippen LogP contribution < -0.4 is 5.32 Å². The summed E-state index contributed by atoms with van der Waals surface area (Å²) in [4.78, 5) is 21.6. The highest BCUT2D eigenvalue weighted by atomic mass is 16.7. The number of carbonyl (C=O) groups excluding carboxylic acids is 2. The molecule has 1 fully saturated rings. The molecule has 1 saturated heterocycles. The molecule has 0 unspecified atom stereocenters. The number of carbonyl (C=O) groups is 2. The van der Waals surface area contributed by atoms with Gasteiger partial charge in [-0.15, -0.1) is 0 Å². The molecule has 0 saturated carbocycles. The molecule has 0 aromatic heterocycles. The highest BCUT2D eigenvalue weighted by molar-refractivity contribution is 5.80. The van der Waals surface area contributed by atoms with Crippen molar-refractivity contribution in [2.45, 2.75) is 6.29 Å². The van der Waals surface area contributed by atoms with Crippen LogP contribution in [0.15, 0.2) is 0 Å². The molecule has 0 aromatic carbocycles. The summed E-state index contributed by atoms with van der Waals surface area (Å²) < 4.78 is 8.94. The highest BCUT2D eigenvalue weighted by Crippen LogP contribution is 2.06. The van der Waals surface area contributed by atoms with E-state index in [1.807, 2.05) is 0 Å². The number of rotatable bonds is 3. The lowest BCUT2D eigenvalue weighted by Crippen LogP contribution is -2.42. The Morgan fingerprint density at radius 1 is 1.50 bits per heavy atom. The summed E-state index contributed by atoms with van der Waals surface area (Å²) >= 11 is 0. The Labute approximate surface area is 79.6 Å². The fraction of sp³-hybridized carbons (Fsp3) is 0.714. The van der Waals surface area contributed by atoms with Crippen molar-refractivity contribution in [3.63, 3.8) is 0 Å². The third-order valence-corrected chi connectivity index (χ3v) is 1.63. The first-order chi connectivity index (χ1) is 6.59. The van der Waals surface area contributed by atoms with Gasteiger partial charge in [-0.05, 0) is 0 Å². The van der Waals surface area contributed by atoms with Crippen LogP contribution in [0, 0.1) is 5.92 Å². The van der Waals surface area contributed by atoms with Crippen molar-refractivity contribution < 1.29 is 29.3 Å². The van der Waals surface area contributed by atoms with E-state index in [0.29, 0.717) is 0 Å². The standard InChI is InChI=1S/C7H11NO6/c9-5(10)1-8-6(11)4-2-13-7(12)14-3-4/h4-5,9-10H,1-3H2,(H,8,11). The first-order valence-electron chi connectivity index (χ1n) is 4.03. The van der Waals surface area contributed by atoms with Crippen molar-refractivity contribution in [3.05, 3.63) is 0 Å². The monoisotopic (exact) mass is 205 g/mol. The average Bonchev–Trinajstić information content (AvgIpc) is 2.15. The van der Waals surface area contributed by atoms with Gasteiger partial charge in [0.25, 0.3) is 0 Å². The molecule has 7 nitrogen and oxygen atoms in total. The molecule has 1 rings (SSSR count). The van der Waals surface area contributed by atoms with Crippen LogP contribution >= 0.6 is 0 Å². The van der Waals surface area contributed by atoms with E-state index in [9.17, 15) is 9.59 Å². The average molecular weight is 205 g/mol. The van der Waals surface area contributed by atoms with E-state index in [4.69, 9.17) is 10.2 Å². The van der Waals surface area contributed by atoms with Crippen LogP contribution in [0.25, 0.3) is 0 Å². The van der Waals surface area contributed by atoms with Crippen LogP contribution in [0.5, 0.6) is 0 Å². The second kappa shape index (κ2) is 4.77. The maximum absolute atomic E-state index is 11.2. The van der Waals surface area contributed by atoms with Gasteiger partial charge in [-0.1, -0.05) is 0 Å². The number of aliphatic hydroxyl groups excluding tert-OH is 1. The Hall–Kier alpha value is -1.34. The molecule has 1 aliphatic heterocycles. The third kappa shape index (κ3) is 3.19. The minimum absolute atomic E-state index is 0.0494. The summed E-state index contributed by atoms with van der Waals surface area (Å²) in [5.41, 5.74) is 0.